The molecule has 1 aromatic carbocycles. The lowest BCUT2D eigenvalue weighted by atomic mass is 10.1. The topological polar surface area (TPSA) is 66.8 Å². The van der Waals surface area contributed by atoms with Crippen LogP contribution in [-0.2, 0) is 14.6 Å². The van der Waals surface area contributed by atoms with Crippen LogP contribution in [0.25, 0.3) is 0 Å². The number of hydrogen-bond donors (Lipinski definition) is 0. The summed E-state index contributed by atoms with van der Waals surface area (Å²) in [5.41, 5.74) is 1.92. The van der Waals surface area contributed by atoms with Gasteiger partial charge in [-0.2, -0.15) is 4.99 Å². The molecule has 3 rings (SSSR count). The molecule has 0 unspecified atom stereocenters. The molecule has 2 heterocycles. The van der Waals surface area contributed by atoms with Crippen molar-refractivity contribution in [1.29, 1.82) is 0 Å². The van der Waals surface area contributed by atoms with Crippen molar-refractivity contribution in [1.82, 2.24) is 0 Å². The first-order chi connectivity index (χ1) is 10.3. The highest BCUT2D eigenvalue weighted by molar-refractivity contribution is 9.10. The molecule has 2 fully saturated rings. The normalized spacial score (nSPS) is 28.1. The van der Waals surface area contributed by atoms with E-state index in [2.05, 4.69) is 20.9 Å². The molecular formula is C14H15BrN2O3S2. The number of fused-ring (bicyclic) bond motifs is 1. The number of amidine groups is 1. The Balaban J connectivity index is 2.06. The van der Waals surface area contributed by atoms with Gasteiger partial charge in [0, 0.05) is 22.3 Å². The van der Waals surface area contributed by atoms with Gasteiger partial charge in [-0.15, -0.1) is 0 Å². The monoisotopic (exact) mass is 402 g/mol. The van der Waals surface area contributed by atoms with E-state index >= 15 is 0 Å². The van der Waals surface area contributed by atoms with Gasteiger partial charge in [0.1, 0.15) is 0 Å². The van der Waals surface area contributed by atoms with Crippen LogP contribution in [0.5, 0.6) is 0 Å². The number of carbonyl (C=O) groups is 1. The lowest BCUT2D eigenvalue weighted by Crippen LogP contribution is -2.37. The molecule has 0 aromatic heterocycles. The fraction of sp³-hybridized carbons (Fsp3) is 0.429. The number of hydrogen-bond acceptors (Lipinski definition) is 4. The Bertz CT molecular complexity index is 776. The van der Waals surface area contributed by atoms with Crippen LogP contribution in [0.2, 0.25) is 0 Å². The molecule has 2 aliphatic heterocycles. The van der Waals surface area contributed by atoms with Crippen molar-refractivity contribution < 1.29 is 13.2 Å². The summed E-state index contributed by atoms with van der Waals surface area (Å²) < 4.78 is 24.8. The van der Waals surface area contributed by atoms with Crippen LogP contribution in [0.3, 0.4) is 0 Å². The maximum Gasteiger partial charge on any atom is 0.244 e. The molecule has 0 radical (unpaired) electrons. The Kier molecular flexibility index (Phi) is 4.11. The van der Waals surface area contributed by atoms with Crippen molar-refractivity contribution in [2.75, 3.05) is 16.4 Å². The van der Waals surface area contributed by atoms with Crippen molar-refractivity contribution >= 4 is 54.3 Å². The molecule has 2 atom stereocenters. The second-order valence-corrected chi connectivity index (χ2v) is 9.73. The van der Waals surface area contributed by atoms with Gasteiger partial charge in [0.15, 0.2) is 15.0 Å². The van der Waals surface area contributed by atoms with E-state index in [1.54, 1.807) is 0 Å². The molecule has 118 valence electrons. The minimum absolute atomic E-state index is 0.0629. The Morgan fingerprint density at radius 1 is 1.41 bits per heavy atom. The molecule has 0 saturated carbocycles. The van der Waals surface area contributed by atoms with Gasteiger partial charge in [0.25, 0.3) is 0 Å². The SMILES string of the molecule is CC(=O)N=C1S[C@@H]2CS(=O)(=O)C[C@H]2N1c1ccc(Br)c(C)c1. The van der Waals surface area contributed by atoms with Crippen LogP contribution >= 0.6 is 27.7 Å². The minimum atomic E-state index is -3.03. The third-order valence-electron chi connectivity index (χ3n) is 3.74. The van der Waals surface area contributed by atoms with Gasteiger partial charge in [0.05, 0.1) is 17.5 Å². The van der Waals surface area contributed by atoms with Crippen molar-refractivity contribution in [2.45, 2.75) is 25.1 Å². The molecule has 1 amide bonds. The summed E-state index contributed by atoms with van der Waals surface area (Å²) in [7, 11) is -3.03. The summed E-state index contributed by atoms with van der Waals surface area (Å²) >= 11 is 4.85. The standard InChI is InChI=1S/C14H15BrN2O3S2/c1-8-5-10(3-4-11(8)15)17-12-6-22(19,20)7-13(12)21-14(17)16-9(2)18/h3-5,12-13H,6-7H2,1-2H3/t12-,13-/m1/s1. The van der Waals surface area contributed by atoms with Gasteiger partial charge in [-0.1, -0.05) is 27.7 Å². The molecule has 0 bridgehead atoms. The Hall–Kier alpha value is -0.860. The van der Waals surface area contributed by atoms with Crippen molar-refractivity contribution in [3.05, 3.63) is 28.2 Å². The summed E-state index contributed by atoms with van der Waals surface area (Å²) in [6.07, 6.45) is 0. The number of thioether (sulfide) groups is 1. The molecule has 22 heavy (non-hydrogen) atoms. The summed E-state index contributed by atoms with van der Waals surface area (Å²) in [5, 5.41) is 0.533. The number of carbonyl (C=O) groups excluding carboxylic acids is 1. The number of nitrogens with zero attached hydrogens (tertiary/aromatic N) is 2. The number of aryl methyl sites for hydroxylation is 1. The lowest BCUT2D eigenvalue weighted by molar-refractivity contribution is -0.115. The maximum atomic E-state index is 11.9. The first kappa shape index (κ1) is 16.0. The Morgan fingerprint density at radius 2 is 2.14 bits per heavy atom. The zero-order chi connectivity index (χ0) is 16.1. The van der Waals surface area contributed by atoms with Crippen LogP contribution in [0.1, 0.15) is 12.5 Å². The summed E-state index contributed by atoms with van der Waals surface area (Å²) in [5.74, 6) is -0.0220. The first-order valence-electron chi connectivity index (χ1n) is 6.78. The van der Waals surface area contributed by atoms with Crippen LogP contribution in [0.15, 0.2) is 27.7 Å². The van der Waals surface area contributed by atoms with E-state index in [1.807, 2.05) is 30.0 Å². The second-order valence-electron chi connectivity index (χ2n) is 5.52. The summed E-state index contributed by atoms with van der Waals surface area (Å²) in [6, 6.07) is 5.67. The summed E-state index contributed by atoms with van der Waals surface area (Å²) in [4.78, 5) is 17.4. The average molecular weight is 403 g/mol. The zero-order valence-electron chi connectivity index (χ0n) is 12.1. The largest absolute Gasteiger partial charge is 0.316 e. The average Bonchev–Trinajstić information content (AvgIpc) is 2.83. The van der Waals surface area contributed by atoms with E-state index in [-0.39, 0.29) is 28.7 Å². The third kappa shape index (κ3) is 2.96. The van der Waals surface area contributed by atoms with E-state index in [1.165, 1.54) is 18.7 Å². The van der Waals surface area contributed by atoms with Gasteiger partial charge in [0.2, 0.25) is 5.91 Å². The highest BCUT2D eigenvalue weighted by Gasteiger charge is 2.49. The number of halogens is 1. The molecule has 5 nitrogen and oxygen atoms in total. The van der Waals surface area contributed by atoms with E-state index in [0.717, 1.165) is 15.7 Å². The number of amides is 1. The van der Waals surface area contributed by atoms with Crippen LogP contribution in [-0.4, -0.2) is 42.3 Å². The zero-order valence-corrected chi connectivity index (χ0v) is 15.3. The fourth-order valence-corrected chi connectivity index (χ4v) is 6.98. The molecular weight excluding hydrogens is 388 g/mol. The Labute approximate surface area is 142 Å². The molecule has 2 aliphatic rings. The van der Waals surface area contributed by atoms with Crippen LogP contribution < -0.4 is 4.90 Å². The van der Waals surface area contributed by atoms with Crippen LogP contribution in [0.4, 0.5) is 5.69 Å². The van der Waals surface area contributed by atoms with Gasteiger partial charge in [-0.05, 0) is 30.7 Å². The number of benzene rings is 1. The van der Waals surface area contributed by atoms with E-state index in [9.17, 15) is 13.2 Å². The predicted molar refractivity (Wildman–Crippen MR) is 93.3 cm³/mol. The number of anilines is 1. The van der Waals surface area contributed by atoms with Gasteiger partial charge in [-0.25, -0.2) is 8.42 Å². The van der Waals surface area contributed by atoms with E-state index in [0.29, 0.717) is 5.17 Å². The maximum absolute atomic E-state index is 11.9. The molecule has 8 heteroatoms. The van der Waals surface area contributed by atoms with Gasteiger partial charge >= 0.3 is 0 Å². The quantitative estimate of drug-likeness (QED) is 0.721. The number of sulfone groups is 1. The highest BCUT2D eigenvalue weighted by atomic mass is 79.9. The lowest BCUT2D eigenvalue weighted by Gasteiger charge is -2.25. The van der Waals surface area contributed by atoms with Crippen molar-refractivity contribution in [3.8, 4) is 0 Å². The van der Waals surface area contributed by atoms with Crippen molar-refractivity contribution in [3.63, 3.8) is 0 Å². The van der Waals surface area contributed by atoms with E-state index in [4.69, 9.17) is 0 Å². The van der Waals surface area contributed by atoms with Crippen LogP contribution in [0, 0.1) is 6.92 Å². The molecule has 0 aliphatic carbocycles. The molecule has 0 N–H and O–H groups in total. The second kappa shape index (κ2) is 5.65. The highest BCUT2D eigenvalue weighted by Crippen LogP contribution is 2.41. The first-order valence-corrected chi connectivity index (χ1v) is 10.3. The Morgan fingerprint density at radius 3 is 2.77 bits per heavy atom. The van der Waals surface area contributed by atoms with E-state index < -0.39 is 9.84 Å². The predicted octanol–water partition coefficient (Wildman–Crippen LogP) is 2.38. The summed E-state index contributed by atoms with van der Waals surface area (Å²) in [6.45, 7) is 3.38. The fourth-order valence-electron chi connectivity index (χ4n) is 2.78. The smallest absolute Gasteiger partial charge is 0.244 e. The number of rotatable bonds is 1. The minimum Gasteiger partial charge on any atom is -0.316 e. The molecule has 1 aromatic rings. The van der Waals surface area contributed by atoms with Crippen molar-refractivity contribution in [2.24, 2.45) is 4.99 Å². The van der Waals surface area contributed by atoms with Gasteiger partial charge < -0.3 is 4.90 Å². The third-order valence-corrected chi connectivity index (χ3v) is 7.84. The molecule has 2 saturated heterocycles. The molecule has 0 spiro atoms. The number of aliphatic imine (C=N–C) groups is 1. The van der Waals surface area contributed by atoms with Gasteiger partial charge in [-0.3, -0.25) is 4.79 Å².